The Morgan fingerprint density at radius 3 is 2.63 bits per heavy atom. The molecule has 2 N–H and O–H groups in total. The third-order valence-corrected chi connectivity index (χ3v) is 4.56. The second kappa shape index (κ2) is 4.85. The van der Waals surface area contributed by atoms with Crippen LogP contribution in [0.5, 0.6) is 0 Å². The summed E-state index contributed by atoms with van der Waals surface area (Å²) in [6.45, 7) is 8.60. The fourth-order valence-electron chi connectivity index (χ4n) is 2.36. The molecule has 0 aromatic carbocycles. The fraction of sp³-hybridized carbons (Fsp3) is 0.538. The summed E-state index contributed by atoms with van der Waals surface area (Å²) in [5.41, 5.74) is 7.59. The van der Waals surface area contributed by atoms with Gasteiger partial charge in [0.25, 0.3) is 5.91 Å². The standard InChI is InChI=1S/C13H20N4OS/c1-6-17(7(2)3)12(18)11-10(14)9-8(4)15-16(5)13(9)19-11/h7H,6,14H2,1-5H3. The van der Waals surface area contributed by atoms with E-state index < -0.39 is 0 Å². The average Bonchev–Trinajstić information content (AvgIpc) is 2.79. The van der Waals surface area contributed by atoms with Gasteiger partial charge in [-0.25, -0.2) is 0 Å². The molecule has 0 spiro atoms. The normalized spacial score (nSPS) is 11.5. The zero-order valence-electron chi connectivity index (χ0n) is 12.0. The summed E-state index contributed by atoms with van der Waals surface area (Å²) in [4.78, 5) is 16.0. The van der Waals surface area contributed by atoms with E-state index in [4.69, 9.17) is 5.73 Å². The number of nitrogen functional groups attached to an aromatic ring is 1. The quantitative estimate of drug-likeness (QED) is 0.939. The van der Waals surface area contributed by atoms with Gasteiger partial charge in [-0.3, -0.25) is 9.48 Å². The van der Waals surface area contributed by atoms with Gasteiger partial charge in [0.1, 0.15) is 9.71 Å². The molecule has 2 aromatic heterocycles. The lowest BCUT2D eigenvalue weighted by atomic mass is 10.2. The molecule has 0 unspecified atom stereocenters. The van der Waals surface area contributed by atoms with E-state index in [1.54, 1.807) is 4.68 Å². The van der Waals surface area contributed by atoms with Crippen LogP contribution >= 0.6 is 11.3 Å². The largest absolute Gasteiger partial charge is 0.397 e. The Bertz CT molecular complexity index is 626. The summed E-state index contributed by atoms with van der Waals surface area (Å²) in [7, 11) is 1.87. The predicted molar refractivity (Wildman–Crippen MR) is 79.6 cm³/mol. The lowest BCUT2D eigenvalue weighted by Gasteiger charge is -2.24. The Morgan fingerprint density at radius 1 is 1.53 bits per heavy atom. The molecule has 1 amide bonds. The zero-order chi connectivity index (χ0) is 14.3. The molecule has 19 heavy (non-hydrogen) atoms. The van der Waals surface area contributed by atoms with Gasteiger partial charge in [0, 0.05) is 19.6 Å². The van der Waals surface area contributed by atoms with Crippen LogP contribution in [0.1, 0.15) is 36.1 Å². The number of hydrogen-bond acceptors (Lipinski definition) is 4. The van der Waals surface area contributed by atoms with Crippen LogP contribution in [-0.2, 0) is 7.05 Å². The van der Waals surface area contributed by atoms with Crippen molar-refractivity contribution in [1.82, 2.24) is 14.7 Å². The second-order valence-corrected chi connectivity index (χ2v) is 5.92. The van der Waals surface area contributed by atoms with E-state index in [1.165, 1.54) is 11.3 Å². The van der Waals surface area contributed by atoms with Gasteiger partial charge >= 0.3 is 0 Å². The van der Waals surface area contributed by atoms with Crippen LogP contribution in [0.25, 0.3) is 10.2 Å². The molecule has 0 bridgehead atoms. The van der Waals surface area contributed by atoms with Gasteiger partial charge in [-0.15, -0.1) is 11.3 Å². The number of carbonyl (C=O) groups excluding carboxylic acids is 1. The first-order valence-corrected chi connectivity index (χ1v) is 7.22. The van der Waals surface area contributed by atoms with E-state index in [1.807, 2.05) is 39.6 Å². The highest BCUT2D eigenvalue weighted by Crippen LogP contribution is 2.36. The summed E-state index contributed by atoms with van der Waals surface area (Å²) < 4.78 is 1.79. The Balaban J connectivity index is 2.54. The molecule has 0 aliphatic heterocycles. The Labute approximate surface area is 117 Å². The fourth-order valence-corrected chi connectivity index (χ4v) is 3.50. The Hall–Kier alpha value is -1.56. The van der Waals surface area contributed by atoms with Crippen molar-refractivity contribution in [1.29, 1.82) is 0 Å². The molecule has 0 atom stereocenters. The topological polar surface area (TPSA) is 64.2 Å². The van der Waals surface area contributed by atoms with Crippen LogP contribution in [0, 0.1) is 6.92 Å². The number of aryl methyl sites for hydroxylation is 2. The number of anilines is 1. The first-order valence-electron chi connectivity index (χ1n) is 6.41. The molecule has 0 fully saturated rings. The van der Waals surface area contributed by atoms with Crippen molar-refractivity contribution >= 4 is 33.1 Å². The number of thiophene rings is 1. The Kier molecular flexibility index (Phi) is 3.54. The molecule has 0 radical (unpaired) electrons. The molecule has 0 saturated heterocycles. The first-order chi connectivity index (χ1) is 8.88. The number of rotatable bonds is 3. The maximum absolute atomic E-state index is 12.6. The van der Waals surface area contributed by atoms with Crippen molar-refractivity contribution in [3.63, 3.8) is 0 Å². The molecule has 0 saturated carbocycles. The molecular formula is C13H20N4OS. The summed E-state index contributed by atoms with van der Waals surface area (Å²) in [5.74, 6) is 0.00981. The van der Waals surface area contributed by atoms with Gasteiger partial charge in [0.2, 0.25) is 0 Å². The minimum Gasteiger partial charge on any atom is -0.397 e. The second-order valence-electron chi connectivity index (χ2n) is 4.92. The summed E-state index contributed by atoms with van der Waals surface area (Å²) >= 11 is 1.42. The smallest absolute Gasteiger partial charge is 0.266 e. The molecule has 0 aliphatic carbocycles. The molecule has 2 aromatic rings. The minimum absolute atomic E-state index is 0.00981. The Morgan fingerprint density at radius 2 is 2.16 bits per heavy atom. The van der Waals surface area contributed by atoms with E-state index in [9.17, 15) is 4.79 Å². The number of hydrogen-bond donors (Lipinski definition) is 1. The lowest BCUT2D eigenvalue weighted by Crippen LogP contribution is -2.36. The van der Waals surface area contributed by atoms with Crippen LogP contribution in [-0.4, -0.2) is 33.2 Å². The number of fused-ring (bicyclic) bond motifs is 1. The number of nitrogens with zero attached hydrogens (tertiary/aromatic N) is 3. The van der Waals surface area contributed by atoms with Crippen molar-refractivity contribution in [3.05, 3.63) is 10.6 Å². The number of aromatic nitrogens is 2. The molecule has 2 rings (SSSR count). The van der Waals surface area contributed by atoms with Crippen LogP contribution in [0.2, 0.25) is 0 Å². The summed E-state index contributed by atoms with van der Waals surface area (Å²) in [6.07, 6.45) is 0. The highest BCUT2D eigenvalue weighted by atomic mass is 32.1. The van der Waals surface area contributed by atoms with E-state index in [0.29, 0.717) is 17.1 Å². The maximum atomic E-state index is 12.6. The third kappa shape index (κ3) is 2.10. The molecular weight excluding hydrogens is 260 g/mol. The molecule has 6 heteroatoms. The van der Waals surface area contributed by atoms with Gasteiger partial charge in [-0.2, -0.15) is 5.10 Å². The molecule has 2 heterocycles. The minimum atomic E-state index is 0.00981. The van der Waals surface area contributed by atoms with Gasteiger partial charge in [-0.05, 0) is 27.7 Å². The highest BCUT2D eigenvalue weighted by molar-refractivity contribution is 7.21. The number of carbonyl (C=O) groups is 1. The van der Waals surface area contributed by atoms with E-state index >= 15 is 0 Å². The first kappa shape index (κ1) is 13.9. The van der Waals surface area contributed by atoms with E-state index in [-0.39, 0.29) is 11.9 Å². The van der Waals surface area contributed by atoms with Gasteiger partial charge in [-0.1, -0.05) is 0 Å². The highest BCUT2D eigenvalue weighted by Gasteiger charge is 2.25. The maximum Gasteiger partial charge on any atom is 0.266 e. The number of amides is 1. The van der Waals surface area contributed by atoms with Crippen LogP contribution in [0.3, 0.4) is 0 Å². The lowest BCUT2D eigenvalue weighted by molar-refractivity contribution is 0.0723. The van der Waals surface area contributed by atoms with Crippen molar-refractivity contribution < 1.29 is 4.79 Å². The third-order valence-electron chi connectivity index (χ3n) is 3.30. The monoisotopic (exact) mass is 280 g/mol. The summed E-state index contributed by atoms with van der Waals surface area (Å²) in [6, 6.07) is 0.168. The van der Waals surface area contributed by atoms with Crippen molar-refractivity contribution in [3.8, 4) is 0 Å². The van der Waals surface area contributed by atoms with Crippen LogP contribution in [0.15, 0.2) is 0 Å². The molecule has 104 valence electrons. The van der Waals surface area contributed by atoms with Gasteiger partial charge < -0.3 is 10.6 Å². The van der Waals surface area contributed by atoms with Crippen molar-refractivity contribution in [2.75, 3.05) is 12.3 Å². The number of nitrogens with two attached hydrogens (primary N) is 1. The van der Waals surface area contributed by atoms with Crippen molar-refractivity contribution in [2.45, 2.75) is 33.7 Å². The molecule has 0 aliphatic rings. The van der Waals surface area contributed by atoms with E-state index in [2.05, 4.69) is 5.10 Å². The summed E-state index contributed by atoms with van der Waals surface area (Å²) in [5, 5.41) is 5.25. The predicted octanol–water partition coefficient (Wildman–Crippen LogP) is 2.40. The van der Waals surface area contributed by atoms with Crippen LogP contribution < -0.4 is 5.73 Å². The zero-order valence-corrected chi connectivity index (χ0v) is 12.8. The average molecular weight is 280 g/mol. The molecule has 5 nitrogen and oxygen atoms in total. The van der Waals surface area contributed by atoms with Gasteiger partial charge in [0.15, 0.2) is 0 Å². The SMILES string of the molecule is CCN(C(=O)c1sc2c(c(C)nn2C)c1N)C(C)C. The van der Waals surface area contributed by atoms with Crippen LogP contribution in [0.4, 0.5) is 5.69 Å². The van der Waals surface area contributed by atoms with Gasteiger partial charge in [0.05, 0.1) is 16.8 Å². The van der Waals surface area contributed by atoms with E-state index in [0.717, 1.165) is 15.9 Å². The van der Waals surface area contributed by atoms with Crippen molar-refractivity contribution in [2.24, 2.45) is 7.05 Å².